The van der Waals surface area contributed by atoms with Crippen LogP contribution >= 0.6 is 11.8 Å². The molecule has 4 heteroatoms. The Balaban J connectivity index is 2.87. The molecule has 1 aromatic rings. The summed E-state index contributed by atoms with van der Waals surface area (Å²) < 4.78 is 2.14. The van der Waals surface area contributed by atoms with Gasteiger partial charge in [-0.25, -0.2) is 4.98 Å². The summed E-state index contributed by atoms with van der Waals surface area (Å²) in [7, 11) is 0. The molecule has 0 spiro atoms. The van der Waals surface area contributed by atoms with Gasteiger partial charge in [-0.05, 0) is 25.4 Å². The van der Waals surface area contributed by atoms with E-state index in [9.17, 15) is 0 Å². The summed E-state index contributed by atoms with van der Waals surface area (Å²) in [6.07, 6.45) is 5.24. The first-order valence-corrected chi connectivity index (χ1v) is 6.96. The maximum Gasteiger partial charge on any atom is 0.126 e. The normalized spacial score (nSPS) is 10.9. The first-order valence-electron chi connectivity index (χ1n) is 5.57. The zero-order chi connectivity index (χ0) is 11.3. The fraction of sp³-hybridized carbons (Fsp3) is 0.727. The summed E-state index contributed by atoms with van der Waals surface area (Å²) in [5.41, 5.74) is 7.16. The van der Waals surface area contributed by atoms with Crippen molar-refractivity contribution in [2.45, 2.75) is 39.7 Å². The largest absolute Gasteiger partial charge is 0.384 e. The Morgan fingerprint density at radius 3 is 2.60 bits per heavy atom. The summed E-state index contributed by atoms with van der Waals surface area (Å²) >= 11 is 1.84. The fourth-order valence-corrected chi connectivity index (χ4v) is 2.12. The van der Waals surface area contributed by atoms with E-state index in [0.29, 0.717) is 0 Å². The topological polar surface area (TPSA) is 43.8 Å². The van der Waals surface area contributed by atoms with Gasteiger partial charge in [-0.3, -0.25) is 0 Å². The molecular weight excluding hydrogens is 206 g/mol. The molecule has 0 aliphatic carbocycles. The Bertz CT molecular complexity index is 307. The third-order valence-corrected chi connectivity index (χ3v) is 3.11. The number of anilines is 1. The molecule has 0 aliphatic heterocycles. The minimum atomic E-state index is 0.870. The number of hydrogen-bond acceptors (Lipinski definition) is 3. The average Bonchev–Trinajstić information content (AvgIpc) is 2.52. The van der Waals surface area contributed by atoms with Crippen molar-refractivity contribution in [1.29, 1.82) is 0 Å². The molecule has 0 unspecified atom stereocenters. The lowest BCUT2D eigenvalue weighted by molar-refractivity contribution is 0.690. The average molecular weight is 227 g/mol. The standard InChI is InChI=1S/C11H21N3S/c1-4-6-10-13-9(7-8-15-3)11(12)14(10)5-2/h4-8,12H2,1-3H3. The molecule has 0 radical (unpaired) electrons. The SMILES string of the molecule is CCCc1nc(CCSC)c(N)n1CC. The van der Waals surface area contributed by atoms with E-state index < -0.39 is 0 Å². The predicted octanol–water partition coefficient (Wildman–Crippen LogP) is 2.34. The number of nitrogens with two attached hydrogens (primary N) is 1. The lowest BCUT2D eigenvalue weighted by atomic mass is 10.3. The molecule has 0 atom stereocenters. The Morgan fingerprint density at radius 2 is 2.07 bits per heavy atom. The van der Waals surface area contributed by atoms with Crippen LogP contribution in [0.4, 0.5) is 5.82 Å². The molecule has 15 heavy (non-hydrogen) atoms. The summed E-state index contributed by atoms with van der Waals surface area (Å²) in [6, 6.07) is 0. The van der Waals surface area contributed by atoms with Gasteiger partial charge in [0.15, 0.2) is 0 Å². The zero-order valence-electron chi connectivity index (χ0n) is 9.92. The van der Waals surface area contributed by atoms with Crippen LogP contribution in [-0.4, -0.2) is 21.6 Å². The first kappa shape index (κ1) is 12.4. The highest BCUT2D eigenvalue weighted by molar-refractivity contribution is 7.98. The van der Waals surface area contributed by atoms with Gasteiger partial charge in [0.05, 0.1) is 5.69 Å². The summed E-state index contributed by atoms with van der Waals surface area (Å²) in [4.78, 5) is 4.63. The van der Waals surface area contributed by atoms with Crippen molar-refractivity contribution in [2.75, 3.05) is 17.7 Å². The van der Waals surface area contributed by atoms with Gasteiger partial charge >= 0.3 is 0 Å². The zero-order valence-corrected chi connectivity index (χ0v) is 10.7. The van der Waals surface area contributed by atoms with E-state index in [4.69, 9.17) is 5.73 Å². The van der Waals surface area contributed by atoms with Crippen LogP contribution in [0, 0.1) is 0 Å². The lowest BCUT2D eigenvalue weighted by Gasteiger charge is -2.05. The van der Waals surface area contributed by atoms with E-state index in [1.165, 1.54) is 0 Å². The second-order valence-corrected chi connectivity index (χ2v) is 4.58. The molecule has 0 bridgehead atoms. The van der Waals surface area contributed by atoms with Crippen LogP contribution in [0.1, 0.15) is 31.8 Å². The number of aromatic nitrogens is 2. The quantitative estimate of drug-likeness (QED) is 0.811. The van der Waals surface area contributed by atoms with Gasteiger partial charge in [-0.2, -0.15) is 11.8 Å². The van der Waals surface area contributed by atoms with Crippen molar-refractivity contribution in [3.8, 4) is 0 Å². The maximum atomic E-state index is 6.08. The maximum absolute atomic E-state index is 6.08. The van der Waals surface area contributed by atoms with Crippen LogP contribution in [0.3, 0.4) is 0 Å². The molecule has 86 valence electrons. The van der Waals surface area contributed by atoms with E-state index in [-0.39, 0.29) is 0 Å². The highest BCUT2D eigenvalue weighted by atomic mass is 32.2. The van der Waals surface area contributed by atoms with Crippen molar-refractivity contribution >= 4 is 17.6 Å². The van der Waals surface area contributed by atoms with Gasteiger partial charge in [0.2, 0.25) is 0 Å². The minimum absolute atomic E-state index is 0.870. The van der Waals surface area contributed by atoms with Crippen molar-refractivity contribution in [1.82, 2.24) is 9.55 Å². The van der Waals surface area contributed by atoms with Gasteiger partial charge in [0, 0.05) is 19.4 Å². The minimum Gasteiger partial charge on any atom is -0.384 e. The molecular formula is C11H21N3S. The number of rotatable bonds is 6. The molecule has 0 aliphatic rings. The van der Waals surface area contributed by atoms with E-state index in [0.717, 1.165) is 48.9 Å². The summed E-state index contributed by atoms with van der Waals surface area (Å²) in [6.45, 7) is 5.22. The van der Waals surface area contributed by atoms with E-state index >= 15 is 0 Å². The van der Waals surface area contributed by atoms with Crippen LogP contribution in [0.2, 0.25) is 0 Å². The predicted molar refractivity (Wildman–Crippen MR) is 68.4 cm³/mol. The Kier molecular flexibility index (Phi) is 5.02. The monoisotopic (exact) mass is 227 g/mol. The number of nitrogen functional groups attached to an aromatic ring is 1. The van der Waals surface area contributed by atoms with Crippen LogP contribution in [0.5, 0.6) is 0 Å². The number of aryl methyl sites for hydroxylation is 2. The van der Waals surface area contributed by atoms with Crippen LogP contribution in [0.25, 0.3) is 0 Å². The van der Waals surface area contributed by atoms with E-state index in [2.05, 4.69) is 29.7 Å². The number of imidazole rings is 1. The van der Waals surface area contributed by atoms with Crippen LogP contribution < -0.4 is 5.73 Å². The second-order valence-electron chi connectivity index (χ2n) is 3.60. The van der Waals surface area contributed by atoms with Crippen LogP contribution in [0.15, 0.2) is 0 Å². The van der Waals surface area contributed by atoms with Crippen molar-refractivity contribution in [3.63, 3.8) is 0 Å². The molecule has 0 saturated carbocycles. The van der Waals surface area contributed by atoms with Gasteiger partial charge in [0.25, 0.3) is 0 Å². The van der Waals surface area contributed by atoms with E-state index in [1.807, 2.05) is 11.8 Å². The lowest BCUT2D eigenvalue weighted by Crippen LogP contribution is -2.05. The summed E-state index contributed by atoms with van der Waals surface area (Å²) in [5.74, 6) is 3.11. The van der Waals surface area contributed by atoms with Crippen molar-refractivity contribution < 1.29 is 0 Å². The first-order chi connectivity index (χ1) is 7.24. The fourth-order valence-electron chi connectivity index (χ4n) is 1.72. The molecule has 0 amide bonds. The summed E-state index contributed by atoms with van der Waals surface area (Å²) in [5, 5.41) is 0. The Labute approximate surface area is 96.5 Å². The van der Waals surface area contributed by atoms with Crippen LogP contribution in [-0.2, 0) is 19.4 Å². The molecule has 2 N–H and O–H groups in total. The molecule has 1 rings (SSSR count). The van der Waals surface area contributed by atoms with Gasteiger partial charge in [-0.1, -0.05) is 6.92 Å². The third-order valence-electron chi connectivity index (χ3n) is 2.49. The Morgan fingerprint density at radius 1 is 1.33 bits per heavy atom. The van der Waals surface area contributed by atoms with Crippen molar-refractivity contribution in [2.24, 2.45) is 0 Å². The number of thioether (sulfide) groups is 1. The smallest absolute Gasteiger partial charge is 0.126 e. The van der Waals surface area contributed by atoms with E-state index in [1.54, 1.807) is 0 Å². The molecule has 1 aromatic heterocycles. The molecule has 0 saturated heterocycles. The van der Waals surface area contributed by atoms with Gasteiger partial charge in [0.1, 0.15) is 11.6 Å². The highest BCUT2D eigenvalue weighted by Crippen LogP contribution is 2.17. The molecule has 1 heterocycles. The van der Waals surface area contributed by atoms with Gasteiger partial charge in [-0.15, -0.1) is 0 Å². The van der Waals surface area contributed by atoms with Crippen molar-refractivity contribution in [3.05, 3.63) is 11.5 Å². The number of nitrogens with zero attached hydrogens (tertiary/aromatic N) is 2. The highest BCUT2D eigenvalue weighted by Gasteiger charge is 2.12. The third kappa shape index (κ3) is 2.91. The Hall–Kier alpha value is -0.640. The number of hydrogen-bond donors (Lipinski definition) is 1. The molecule has 0 aromatic carbocycles. The molecule has 3 nitrogen and oxygen atoms in total. The van der Waals surface area contributed by atoms with Gasteiger partial charge < -0.3 is 10.3 Å². The molecule has 0 fully saturated rings. The second kappa shape index (κ2) is 6.05.